The number of hydrogen-bond donors (Lipinski definition) is 0. The van der Waals surface area contributed by atoms with Crippen LogP contribution in [0.5, 0.6) is 0 Å². The van der Waals surface area contributed by atoms with Gasteiger partial charge in [-0.2, -0.15) is 0 Å². The molecule has 0 aromatic heterocycles. The zero-order valence-corrected chi connectivity index (χ0v) is 14.0. The van der Waals surface area contributed by atoms with E-state index in [4.69, 9.17) is 23.2 Å². The van der Waals surface area contributed by atoms with Crippen molar-refractivity contribution in [1.82, 2.24) is 0 Å². The lowest BCUT2D eigenvalue weighted by Crippen LogP contribution is -2.01. The fraction of sp³-hybridized carbons (Fsp3) is 0. The van der Waals surface area contributed by atoms with E-state index in [2.05, 4.69) is 0 Å². The van der Waals surface area contributed by atoms with Gasteiger partial charge in [0.1, 0.15) is 0 Å². The van der Waals surface area contributed by atoms with Crippen molar-refractivity contribution in [2.75, 3.05) is 0 Å². The minimum atomic E-state index is -0.119. The minimum absolute atomic E-state index is 0.119. The van der Waals surface area contributed by atoms with E-state index in [0.717, 1.165) is 9.79 Å². The smallest absolute Gasteiger partial charge is 0.202 e. The molecule has 0 fully saturated rings. The van der Waals surface area contributed by atoms with Crippen molar-refractivity contribution < 1.29 is 9.59 Å². The number of fused-ring (bicyclic) bond motifs is 2. The first-order chi connectivity index (χ1) is 10.5. The standard InChI is InChI=1S/C16H6Cl2O2S2/c17-7-1-3-9-11(5-7)21-15(13(9)19)16-14(20)10-4-2-8(18)6-12(10)22-16/h1-6H/b16-15+. The average molecular weight is 365 g/mol. The van der Waals surface area contributed by atoms with Crippen LogP contribution in [0, 0.1) is 0 Å². The second-order valence-corrected chi connectivity index (χ2v) is 7.78. The fourth-order valence-electron chi connectivity index (χ4n) is 2.39. The number of carbonyl (C=O) groups is 2. The predicted octanol–water partition coefficient (Wildman–Crippen LogP) is 5.48. The number of Topliss-reactive ketones (excluding diaryl/α,β-unsaturated/α-hetero) is 2. The van der Waals surface area contributed by atoms with E-state index in [1.165, 1.54) is 23.5 Å². The second-order valence-electron chi connectivity index (χ2n) is 4.80. The van der Waals surface area contributed by atoms with Gasteiger partial charge < -0.3 is 0 Å². The summed E-state index contributed by atoms with van der Waals surface area (Å²) in [5, 5.41) is 1.15. The van der Waals surface area contributed by atoms with Crippen LogP contribution >= 0.6 is 46.7 Å². The molecule has 2 aliphatic rings. The molecule has 2 nitrogen and oxygen atoms in total. The molecule has 0 atom stereocenters. The van der Waals surface area contributed by atoms with Crippen LogP contribution in [0.2, 0.25) is 10.0 Å². The maximum atomic E-state index is 12.5. The van der Waals surface area contributed by atoms with Gasteiger partial charge >= 0.3 is 0 Å². The van der Waals surface area contributed by atoms with Crippen LogP contribution in [0.15, 0.2) is 56.0 Å². The number of ketones is 2. The maximum absolute atomic E-state index is 12.5. The Kier molecular flexibility index (Phi) is 3.38. The number of allylic oxidation sites excluding steroid dienone is 2. The van der Waals surface area contributed by atoms with Gasteiger partial charge in [0.25, 0.3) is 0 Å². The van der Waals surface area contributed by atoms with Crippen LogP contribution in [0.1, 0.15) is 20.7 Å². The summed E-state index contributed by atoms with van der Waals surface area (Å²) in [6.45, 7) is 0. The van der Waals surface area contributed by atoms with Gasteiger partial charge in [-0.1, -0.05) is 46.7 Å². The lowest BCUT2D eigenvalue weighted by Gasteiger charge is -1.98. The number of rotatable bonds is 0. The molecule has 2 heterocycles. The third kappa shape index (κ3) is 2.14. The molecule has 6 heteroatoms. The van der Waals surface area contributed by atoms with E-state index in [9.17, 15) is 9.59 Å². The van der Waals surface area contributed by atoms with Crippen molar-refractivity contribution in [3.63, 3.8) is 0 Å². The zero-order valence-electron chi connectivity index (χ0n) is 10.9. The largest absolute Gasteiger partial charge is 0.288 e. The molecule has 0 unspecified atom stereocenters. The molecule has 0 saturated carbocycles. The Balaban J connectivity index is 1.82. The molecule has 0 spiro atoms. The normalized spacial score (nSPS) is 19.5. The highest BCUT2D eigenvalue weighted by molar-refractivity contribution is 8.08. The predicted molar refractivity (Wildman–Crippen MR) is 90.3 cm³/mol. The van der Waals surface area contributed by atoms with Gasteiger partial charge in [0.15, 0.2) is 0 Å². The number of hydrogen-bond acceptors (Lipinski definition) is 4. The van der Waals surface area contributed by atoms with E-state index in [0.29, 0.717) is 31.0 Å². The van der Waals surface area contributed by atoms with Gasteiger partial charge in [-0.15, -0.1) is 0 Å². The van der Waals surface area contributed by atoms with Crippen LogP contribution in [0.3, 0.4) is 0 Å². The van der Waals surface area contributed by atoms with E-state index in [-0.39, 0.29) is 11.6 Å². The Morgan fingerprint density at radius 3 is 1.50 bits per heavy atom. The van der Waals surface area contributed by atoms with Crippen molar-refractivity contribution in [2.45, 2.75) is 9.79 Å². The molecule has 2 aromatic carbocycles. The fourth-order valence-corrected chi connectivity index (χ4v) is 5.25. The van der Waals surface area contributed by atoms with E-state index in [1.54, 1.807) is 36.4 Å². The zero-order chi connectivity index (χ0) is 15.4. The lowest BCUT2D eigenvalue weighted by atomic mass is 10.1. The monoisotopic (exact) mass is 364 g/mol. The summed E-state index contributed by atoms with van der Waals surface area (Å²) in [6, 6.07) is 10.3. The van der Waals surface area contributed by atoms with Gasteiger partial charge in [-0.25, -0.2) is 0 Å². The minimum Gasteiger partial charge on any atom is -0.288 e. The Morgan fingerprint density at radius 2 is 1.09 bits per heavy atom. The van der Waals surface area contributed by atoms with E-state index in [1.807, 2.05) is 0 Å². The van der Waals surface area contributed by atoms with Gasteiger partial charge in [0, 0.05) is 31.0 Å². The molecule has 0 radical (unpaired) electrons. The highest BCUT2D eigenvalue weighted by Crippen LogP contribution is 2.50. The maximum Gasteiger partial charge on any atom is 0.202 e. The lowest BCUT2D eigenvalue weighted by molar-refractivity contribution is 0.101. The third-order valence-corrected chi connectivity index (χ3v) is 6.32. The van der Waals surface area contributed by atoms with Crippen LogP contribution in [0.4, 0.5) is 0 Å². The number of halogens is 2. The first-order valence-corrected chi connectivity index (χ1v) is 8.72. The van der Waals surface area contributed by atoms with Gasteiger partial charge in [0.05, 0.1) is 9.81 Å². The van der Waals surface area contributed by atoms with Crippen LogP contribution in [-0.2, 0) is 0 Å². The van der Waals surface area contributed by atoms with Gasteiger partial charge in [0.2, 0.25) is 11.6 Å². The molecule has 0 amide bonds. The third-order valence-electron chi connectivity index (χ3n) is 3.42. The molecule has 2 aromatic rings. The van der Waals surface area contributed by atoms with Crippen LogP contribution in [-0.4, -0.2) is 11.6 Å². The van der Waals surface area contributed by atoms with Crippen molar-refractivity contribution in [3.8, 4) is 0 Å². The summed E-state index contributed by atoms with van der Waals surface area (Å²) < 4.78 is 0. The SMILES string of the molecule is O=C1/C(=C2\Sc3cc(Cl)ccc3C2=O)Sc2cc(Cl)ccc21. The molecular weight excluding hydrogens is 359 g/mol. The van der Waals surface area contributed by atoms with Crippen LogP contribution in [0.25, 0.3) is 0 Å². The molecule has 0 aliphatic carbocycles. The van der Waals surface area contributed by atoms with Gasteiger partial charge in [-0.05, 0) is 36.4 Å². The second kappa shape index (κ2) is 5.17. The number of thioether (sulfide) groups is 2. The van der Waals surface area contributed by atoms with E-state index >= 15 is 0 Å². The summed E-state index contributed by atoms with van der Waals surface area (Å²) in [6.07, 6.45) is 0. The van der Waals surface area contributed by atoms with Gasteiger partial charge in [-0.3, -0.25) is 9.59 Å². The summed E-state index contributed by atoms with van der Waals surface area (Å²) in [5.41, 5.74) is 1.19. The topological polar surface area (TPSA) is 34.1 Å². The molecule has 0 N–H and O–H groups in total. The quantitative estimate of drug-likeness (QED) is 0.579. The Bertz CT molecular complexity index is 830. The summed E-state index contributed by atoms with van der Waals surface area (Å²) in [7, 11) is 0. The molecule has 0 bridgehead atoms. The van der Waals surface area contributed by atoms with Crippen molar-refractivity contribution in [3.05, 3.63) is 67.4 Å². The molecule has 2 aliphatic heterocycles. The summed E-state index contributed by atoms with van der Waals surface area (Å²) in [5.74, 6) is -0.238. The van der Waals surface area contributed by atoms with E-state index < -0.39 is 0 Å². The van der Waals surface area contributed by atoms with Crippen molar-refractivity contribution >= 4 is 58.3 Å². The summed E-state index contributed by atoms with van der Waals surface area (Å²) >= 11 is 14.6. The Hall–Kier alpha value is -1.20. The number of benzene rings is 2. The molecule has 4 rings (SSSR count). The Labute approximate surface area is 144 Å². The molecule has 22 heavy (non-hydrogen) atoms. The van der Waals surface area contributed by atoms with Crippen molar-refractivity contribution in [1.29, 1.82) is 0 Å². The highest BCUT2D eigenvalue weighted by atomic mass is 35.5. The van der Waals surface area contributed by atoms with Crippen LogP contribution < -0.4 is 0 Å². The first kappa shape index (κ1) is 14.4. The summed E-state index contributed by atoms with van der Waals surface area (Å²) in [4.78, 5) is 27.6. The molecule has 108 valence electrons. The molecular formula is C16H6Cl2O2S2. The Morgan fingerprint density at radius 1 is 0.682 bits per heavy atom. The highest BCUT2D eigenvalue weighted by Gasteiger charge is 2.36. The first-order valence-electron chi connectivity index (χ1n) is 6.33. The number of carbonyl (C=O) groups excluding carboxylic acids is 2. The molecule has 0 saturated heterocycles. The van der Waals surface area contributed by atoms with Crippen molar-refractivity contribution in [2.24, 2.45) is 0 Å². The average Bonchev–Trinajstić information content (AvgIpc) is 2.96.